The molecule has 10 heteroatoms. The lowest BCUT2D eigenvalue weighted by molar-refractivity contribution is -0.0135. The van der Waals surface area contributed by atoms with Crippen molar-refractivity contribution in [3.05, 3.63) is 105 Å². The molecule has 0 saturated heterocycles. The number of benzene rings is 3. The van der Waals surface area contributed by atoms with Gasteiger partial charge in [-0.25, -0.2) is 13.6 Å². The van der Waals surface area contributed by atoms with Crippen molar-refractivity contribution < 1.29 is 31.9 Å². The molecule has 0 aliphatic heterocycles. The Morgan fingerprint density at radius 3 is 1.31 bits per heavy atom. The van der Waals surface area contributed by atoms with Gasteiger partial charge in [0, 0.05) is 13.8 Å². The van der Waals surface area contributed by atoms with Crippen LogP contribution in [-0.2, 0) is 30.7 Å². The van der Waals surface area contributed by atoms with Crippen molar-refractivity contribution >= 4 is 21.2 Å². The fourth-order valence-corrected chi connectivity index (χ4v) is 6.11. The van der Waals surface area contributed by atoms with E-state index in [1.54, 1.807) is 0 Å². The Morgan fingerprint density at radius 2 is 1.00 bits per heavy atom. The molecule has 228 valence electrons. The van der Waals surface area contributed by atoms with E-state index in [4.69, 9.17) is 31.9 Å². The van der Waals surface area contributed by atoms with E-state index in [-0.39, 0.29) is 10.9 Å². The minimum Gasteiger partial charge on any atom is -0.736 e. The van der Waals surface area contributed by atoms with Crippen LogP contribution in [0.5, 0.6) is 11.5 Å². The molecule has 1 fully saturated rings. The van der Waals surface area contributed by atoms with Gasteiger partial charge in [-0.2, -0.15) is 0 Å². The average molecular weight is 616 g/mol. The molecule has 4 rings (SSSR count). The second-order valence-electron chi connectivity index (χ2n) is 9.15. The fourth-order valence-electron chi connectivity index (χ4n) is 4.04. The Morgan fingerprint density at radius 1 is 0.690 bits per heavy atom. The molecule has 0 amide bonds. The minimum atomic E-state index is -4.42. The van der Waals surface area contributed by atoms with Crippen molar-refractivity contribution in [2.45, 2.75) is 79.6 Å². The third kappa shape index (κ3) is 14.5. The Hall–Kier alpha value is -3.44. The Bertz CT molecular complexity index is 1200. The van der Waals surface area contributed by atoms with Crippen LogP contribution in [0.2, 0.25) is 0 Å². The van der Waals surface area contributed by atoms with E-state index in [0.717, 1.165) is 11.5 Å². The van der Waals surface area contributed by atoms with Crippen LogP contribution in [0.1, 0.15) is 52.4 Å². The molecule has 2 atom stereocenters. The first-order chi connectivity index (χ1) is 20.1. The molecule has 42 heavy (non-hydrogen) atoms. The first-order valence-corrected chi connectivity index (χ1v) is 16.4. The Labute approximate surface area is 253 Å². The molecular formula is C32H41NO7S2. The zero-order valence-corrected chi connectivity index (χ0v) is 25.9. The van der Waals surface area contributed by atoms with Crippen LogP contribution < -0.4 is 14.6 Å². The van der Waals surface area contributed by atoms with Gasteiger partial charge in [-0.05, 0) is 60.7 Å². The molecule has 0 aromatic heterocycles. The van der Waals surface area contributed by atoms with Gasteiger partial charge in [-0.15, -0.1) is 0 Å². The van der Waals surface area contributed by atoms with Gasteiger partial charge in [0.1, 0.15) is 11.5 Å². The van der Waals surface area contributed by atoms with E-state index in [0.29, 0.717) is 0 Å². The van der Waals surface area contributed by atoms with Gasteiger partial charge in [-0.1, -0.05) is 69.9 Å². The zero-order chi connectivity index (χ0) is 30.8. The van der Waals surface area contributed by atoms with Gasteiger partial charge >= 0.3 is 0 Å². The average Bonchev–Trinajstić information content (AvgIpc) is 2.96. The summed E-state index contributed by atoms with van der Waals surface area (Å²) in [6, 6.07) is 26.7. The molecule has 2 unspecified atom stereocenters. The summed E-state index contributed by atoms with van der Waals surface area (Å²) in [5, 5.41) is 3.77. The number of hydrogen-bond acceptors (Lipinski definition) is 7. The summed E-state index contributed by atoms with van der Waals surface area (Å²) in [6.07, 6.45) is 11.0. The summed E-state index contributed by atoms with van der Waals surface area (Å²) in [7, 11) is -4.69. The zero-order valence-electron chi connectivity index (χ0n) is 24.2. The quantitative estimate of drug-likeness (QED) is 0.104. The lowest BCUT2D eigenvalue weighted by Crippen LogP contribution is -2.13. The highest BCUT2D eigenvalue weighted by Crippen LogP contribution is 2.33. The molecule has 1 aliphatic carbocycles. The summed E-state index contributed by atoms with van der Waals surface area (Å²) in [6.45, 7) is 10.8. The van der Waals surface area contributed by atoms with Crippen LogP contribution >= 0.6 is 0 Å². The molecule has 2 N–H and O–H groups in total. The van der Waals surface area contributed by atoms with Crippen LogP contribution in [0.3, 0.4) is 0 Å². The monoisotopic (exact) mass is 615 g/mol. The first-order valence-electron chi connectivity index (χ1n) is 13.7. The summed E-state index contributed by atoms with van der Waals surface area (Å²) in [5.41, 5.74) is 0. The van der Waals surface area contributed by atoms with Crippen molar-refractivity contribution in [3.8, 4) is 11.5 Å². The van der Waals surface area contributed by atoms with Gasteiger partial charge in [-0.3, -0.25) is 0 Å². The number of ether oxygens (including phenoxy) is 4. The Balaban J connectivity index is 0.000000469. The highest BCUT2D eigenvalue weighted by Gasteiger charge is 2.28. The number of hydrogen-bond donors (Lipinski definition) is 1. The third-order valence-corrected chi connectivity index (χ3v) is 8.01. The minimum absolute atomic E-state index is 0.269. The largest absolute Gasteiger partial charge is 0.736 e. The van der Waals surface area contributed by atoms with Gasteiger partial charge in [0.2, 0.25) is 12.6 Å². The molecule has 0 bridgehead atoms. The second kappa shape index (κ2) is 18.9. The number of rotatable bonds is 11. The lowest BCUT2D eigenvalue weighted by atomic mass is 10.0. The topological polar surface area (TPSA) is 120 Å². The van der Waals surface area contributed by atoms with Crippen molar-refractivity contribution in [2.24, 2.45) is 5.14 Å². The van der Waals surface area contributed by atoms with Gasteiger partial charge < -0.3 is 23.5 Å². The summed E-state index contributed by atoms with van der Waals surface area (Å²) < 4.78 is 48.5. The van der Waals surface area contributed by atoms with Gasteiger partial charge in [0.15, 0.2) is 25.0 Å². The van der Waals surface area contributed by atoms with Crippen LogP contribution in [0.4, 0.5) is 0 Å². The maximum absolute atomic E-state index is 8.85. The first kappa shape index (κ1) is 34.8. The predicted molar refractivity (Wildman–Crippen MR) is 166 cm³/mol. The molecule has 1 saturated carbocycles. The second-order valence-corrected chi connectivity index (χ2v) is 12.2. The van der Waals surface area contributed by atoms with E-state index in [2.05, 4.69) is 66.8 Å². The molecule has 8 nitrogen and oxygen atoms in total. The molecule has 3 aromatic carbocycles. The highest BCUT2D eigenvalue weighted by atomic mass is 32.2. The van der Waals surface area contributed by atoms with Gasteiger partial charge in [0.25, 0.3) is 0 Å². The Kier molecular flexibility index (Phi) is 15.6. The smallest absolute Gasteiger partial charge is 0.237 e. The molecule has 0 radical (unpaired) electrons. The van der Waals surface area contributed by atoms with E-state index in [1.165, 1.54) is 65.7 Å². The van der Waals surface area contributed by atoms with Crippen molar-refractivity contribution in [1.29, 1.82) is 0 Å². The molecule has 1 aliphatic rings. The van der Waals surface area contributed by atoms with E-state index in [9.17, 15) is 0 Å². The van der Waals surface area contributed by atoms with Crippen molar-refractivity contribution in [3.63, 3.8) is 0 Å². The van der Waals surface area contributed by atoms with Crippen LogP contribution in [-0.4, -0.2) is 25.6 Å². The molecule has 0 heterocycles. The van der Waals surface area contributed by atoms with Gasteiger partial charge in [0.05, 0.1) is 23.4 Å². The maximum atomic E-state index is 8.85. The van der Waals surface area contributed by atoms with E-state index < -0.39 is 22.9 Å². The lowest BCUT2D eigenvalue weighted by Gasteiger charge is -2.15. The fraction of sp³-hybridized carbons (Fsp3) is 0.312. The van der Waals surface area contributed by atoms with Crippen molar-refractivity contribution in [2.75, 3.05) is 0 Å². The predicted octanol–water partition coefficient (Wildman–Crippen LogP) is 7.30. The molecule has 0 spiro atoms. The SMILES string of the molecule is C1CCCCC1.C=COC(C)Oc1ccc([S+](c2ccccc2)c2ccc(OC(C)OC=C)cc2)cc1.NS(=O)(=O)[O-]. The standard InChI is InChI=1S/C26H27O4S.C6H12.H3NO3S/c1-5-27-20(3)29-22-12-16-25(17-13-22)31(24-10-8-7-9-11-24)26-18-14-23(15-19-26)30-21(4)28-6-2;1-2-4-6-5-3-1;1-5(2,3)4/h5-21H,1-2H2,3-4H3;1-6H2;(H3,1,2,3,4)/q+1;;/p-1. The number of nitrogens with two attached hydrogens (primary N) is 1. The summed E-state index contributed by atoms with van der Waals surface area (Å²) >= 11 is 0. The summed E-state index contributed by atoms with van der Waals surface area (Å²) in [4.78, 5) is 3.61. The van der Waals surface area contributed by atoms with Crippen LogP contribution in [0, 0.1) is 0 Å². The maximum Gasteiger partial charge on any atom is 0.237 e. The molecule has 3 aromatic rings. The van der Waals surface area contributed by atoms with Crippen LogP contribution in [0.25, 0.3) is 0 Å². The molecular weight excluding hydrogens is 574 g/mol. The normalized spacial score (nSPS) is 14.7. The summed E-state index contributed by atoms with van der Waals surface area (Å²) in [5.74, 6) is 1.49. The third-order valence-electron chi connectivity index (χ3n) is 5.78. The van der Waals surface area contributed by atoms with E-state index >= 15 is 0 Å². The highest BCUT2D eigenvalue weighted by molar-refractivity contribution is 7.97. The van der Waals surface area contributed by atoms with E-state index in [1.807, 2.05) is 44.2 Å². The van der Waals surface area contributed by atoms with Crippen LogP contribution in [0.15, 0.2) is 119 Å². The van der Waals surface area contributed by atoms with Crippen molar-refractivity contribution in [1.82, 2.24) is 0 Å².